The van der Waals surface area contributed by atoms with Crippen LogP contribution in [0.25, 0.3) is 0 Å². The van der Waals surface area contributed by atoms with E-state index in [2.05, 4.69) is 38.7 Å². The van der Waals surface area contributed by atoms with E-state index in [0.717, 1.165) is 8.58 Å². The molecule has 0 heterocycles. The van der Waals surface area contributed by atoms with Crippen LogP contribution in [0.1, 0.15) is 20.8 Å². The first-order chi connectivity index (χ1) is 3.95. The molecule has 2 atom stereocenters. The molecule has 0 saturated carbocycles. The molecular formula is C6H16NPS. The summed E-state index contributed by atoms with van der Waals surface area (Å²) < 4.78 is 0. The highest BCUT2D eigenvalue weighted by Gasteiger charge is 2.13. The van der Waals surface area contributed by atoms with Gasteiger partial charge in [-0.2, -0.15) is 12.6 Å². The van der Waals surface area contributed by atoms with E-state index in [1.54, 1.807) is 0 Å². The Morgan fingerprint density at radius 3 is 2.00 bits per heavy atom. The van der Waals surface area contributed by atoms with E-state index in [-0.39, 0.29) is 0 Å². The molecule has 0 aliphatic carbocycles. The second kappa shape index (κ2) is 3.80. The van der Waals surface area contributed by atoms with Gasteiger partial charge in [0.15, 0.2) is 0 Å². The normalized spacial score (nSPS) is 17.0. The third-order valence-electron chi connectivity index (χ3n) is 0.843. The molecule has 3 heteroatoms. The van der Waals surface area contributed by atoms with Crippen molar-refractivity contribution in [3.8, 4) is 0 Å². The van der Waals surface area contributed by atoms with Crippen LogP contribution in [-0.4, -0.2) is 17.3 Å². The molecule has 0 aliphatic rings. The quantitative estimate of drug-likeness (QED) is 0.362. The van der Waals surface area contributed by atoms with Gasteiger partial charge in [0, 0.05) is 0 Å². The summed E-state index contributed by atoms with van der Waals surface area (Å²) in [6.07, 6.45) is 0. The molecule has 0 saturated heterocycles. The minimum atomic E-state index is 0.366. The standard InChI is InChI=1S/C6H16NPS/c1-6(2,3)8-5(9)7-4/h5,7-9H,1-4H3. The summed E-state index contributed by atoms with van der Waals surface area (Å²) in [5.41, 5.74) is 0. The van der Waals surface area contributed by atoms with Crippen molar-refractivity contribution >= 4 is 21.2 Å². The molecule has 2 unspecified atom stereocenters. The lowest BCUT2D eigenvalue weighted by molar-refractivity contribution is 0.779. The first kappa shape index (κ1) is 9.74. The van der Waals surface area contributed by atoms with E-state index >= 15 is 0 Å². The summed E-state index contributed by atoms with van der Waals surface area (Å²) in [5, 5.41) is 3.88. The molecule has 0 rings (SSSR count). The van der Waals surface area contributed by atoms with Gasteiger partial charge in [0.1, 0.15) is 0 Å². The van der Waals surface area contributed by atoms with Gasteiger partial charge in [0.2, 0.25) is 0 Å². The molecule has 1 N–H and O–H groups in total. The zero-order valence-corrected chi connectivity index (χ0v) is 8.42. The van der Waals surface area contributed by atoms with E-state index in [1.807, 2.05) is 7.05 Å². The summed E-state index contributed by atoms with van der Waals surface area (Å²) in [7, 11) is 2.81. The highest BCUT2D eigenvalue weighted by molar-refractivity contribution is 7.87. The Balaban J connectivity index is 3.47. The van der Waals surface area contributed by atoms with Crippen LogP contribution in [0.4, 0.5) is 0 Å². The number of hydrogen-bond donors (Lipinski definition) is 2. The maximum absolute atomic E-state index is 4.32. The van der Waals surface area contributed by atoms with Crippen LogP contribution in [0.2, 0.25) is 0 Å². The van der Waals surface area contributed by atoms with Crippen molar-refractivity contribution < 1.29 is 0 Å². The second-order valence-electron chi connectivity index (χ2n) is 3.09. The Morgan fingerprint density at radius 1 is 1.44 bits per heavy atom. The Labute approximate surface area is 65.2 Å². The van der Waals surface area contributed by atoms with Crippen molar-refractivity contribution in [2.45, 2.75) is 31.0 Å². The first-order valence-corrected chi connectivity index (χ1v) is 4.68. The highest BCUT2D eigenvalue weighted by atomic mass is 32.1. The molecule has 56 valence electrons. The largest absolute Gasteiger partial charge is 0.305 e. The van der Waals surface area contributed by atoms with Gasteiger partial charge in [-0.3, -0.25) is 0 Å². The molecule has 9 heavy (non-hydrogen) atoms. The molecule has 0 radical (unpaired) electrons. The van der Waals surface area contributed by atoms with Crippen LogP contribution in [0, 0.1) is 0 Å². The molecule has 0 aromatic heterocycles. The van der Waals surface area contributed by atoms with Crippen molar-refractivity contribution in [2.24, 2.45) is 0 Å². The first-order valence-electron chi connectivity index (χ1n) is 3.09. The highest BCUT2D eigenvalue weighted by Crippen LogP contribution is 2.34. The Bertz CT molecular complexity index is 79.6. The third-order valence-corrected chi connectivity index (χ3v) is 2.92. The summed E-state index contributed by atoms with van der Waals surface area (Å²) in [4.78, 5) is 0. The molecule has 0 spiro atoms. The van der Waals surface area contributed by atoms with Gasteiger partial charge >= 0.3 is 0 Å². The van der Waals surface area contributed by atoms with Crippen molar-refractivity contribution in [1.29, 1.82) is 0 Å². The lowest BCUT2D eigenvalue weighted by Crippen LogP contribution is -2.19. The number of rotatable bonds is 2. The summed E-state index contributed by atoms with van der Waals surface area (Å²) in [5.74, 6) is 0. The van der Waals surface area contributed by atoms with Gasteiger partial charge in [-0.1, -0.05) is 29.4 Å². The van der Waals surface area contributed by atoms with Crippen LogP contribution < -0.4 is 5.32 Å². The average Bonchev–Trinajstić information content (AvgIpc) is 1.62. The van der Waals surface area contributed by atoms with E-state index in [4.69, 9.17) is 0 Å². The predicted octanol–water partition coefficient (Wildman–Crippen LogP) is 1.90. The van der Waals surface area contributed by atoms with Crippen molar-refractivity contribution in [3.05, 3.63) is 0 Å². The number of thiol groups is 1. The van der Waals surface area contributed by atoms with Crippen molar-refractivity contribution in [1.82, 2.24) is 5.32 Å². The lowest BCUT2D eigenvalue weighted by atomic mass is 10.3. The molecule has 0 amide bonds. The zero-order chi connectivity index (χ0) is 7.49. The summed E-state index contributed by atoms with van der Waals surface area (Å²) in [6, 6.07) is 0. The molecule has 0 fully saturated rings. The maximum Gasteiger partial charge on any atom is 0.0674 e. The predicted molar refractivity (Wildman–Crippen MR) is 49.9 cm³/mol. The van der Waals surface area contributed by atoms with Gasteiger partial charge < -0.3 is 5.32 Å². The second-order valence-corrected chi connectivity index (χ2v) is 6.45. The summed E-state index contributed by atoms with van der Waals surface area (Å²) >= 11 is 4.32. The van der Waals surface area contributed by atoms with E-state index in [0.29, 0.717) is 10.3 Å². The maximum atomic E-state index is 4.32. The topological polar surface area (TPSA) is 12.0 Å². The molecule has 0 aliphatic heterocycles. The van der Waals surface area contributed by atoms with Gasteiger partial charge in [0.05, 0.1) is 5.11 Å². The SMILES string of the molecule is CNC(S)PC(C)(C)C. The minimum absolute atomic E-state index is 0.366. The van der Waals surface area contributed by atoms with Crippen LogP contribution in [0.5, 0.6) is 0 Å². The molecular weight excluding hydrogens is 149 g/mol. The zero-order valence-electron chi connectivity index (χ0n) is 6.52. The molecule has 0 aromatic rings. The Kier molecular flexibility index (Phi) is 4.11. The van der Waals surface area contributed by atoms with Gasteiger partial charge in [-0.05, 0) is 12.2 Å². The Hall–Kier alpha value is 0.740. The minimum Gasteiger partial charge on any atom is -0.305 e. The Morgan fingerprint density at radius 2 is 1.89 bits per heavy atom. The fourth-order valence-corrected chi connectivity index (χ4v) is 2.61. The summed E-state index contributed by atoms with van der Waals surface area (Å²) in [6.45, 7) is 6.68. The van der Waals surface area contributed by atoms with Crippen LogP contribution in [0.3, 0.4) is 0 Å². The third kappa shape index (κ3) is 6.63. The van der Waals surface area contributed by atoms with E-state index in [9.17, 15) is 0 Å². The monoisotopic (exact) mass is 165 g/mol. The average molecular weight is 165 g/mol. The fraction of sp³-hybridized carbons (Fsp3) is 1.00. The molecule has 0 bridgehead atoms. The number of hydrogen-bond acceptors (Lipinski definition) is 2. The van der Waals surface area contributed by atoms with Gasteiger partial charge in [-0.25, -0.2) is 0 Å². The van der Waals surface area contributed by atoms with Crippen LogP contribution in [0.15, 0.2) is 0 Å². The molecule has 1 nitrogen and oxygen atoms in total. The van der Waals surface area contributed by atoms with E-state index < -0.39 is 0 Å². The fourth-order valence-electron chi connectivity index (χ4n) is 0.482. The number of nitrogens with one attached hydrogen (secondary N) is 1. The van der Waals surface area contributed by atoms with Gasteiger partial charge in [0.25, 0.3) is 0 Å². The van der Waals surface area contributed by atoms with Crippen molar-refractivity contribution in [2.75, 3.05) is 7.05 Å². The van der Waals surface area contributed by atoms with Crippen molar-refractivity contribution in [3.63, 3.8) is 0 Å². The van der Waals surface area contributed by atoms with Gasteiger partial charge in [-0.15, -0.1) is 0 Å². The lowest BCUT2D eigenvalue weighted by Gasteiger charge is -2.22. The molecule has 0 aromatic carbocycles. The van der Waals surface area contributed by atoms with E-state index in [1.165, 1.54) is 0 Å². The van der Waals surface area contributed by atoms with Crippen LogP contribution in [-0.2, 0) is 0 Å². The van der Waals surface area contributed by atoms with Crippen LogP contribution >= 0.6 is 21.2 Å². The smallest absolute Gasteiger partial charge is 0.0674 e.